The minimum Gasteiger partial charge on any atom is -0.476 e. The summed E-state index contributed by atoms with van der Waals surface area (Å²) in [5, 5.41) is 0. The SMILES string of the molecule is CCOc1nc(N2CCC(c3ccccc3)C2)ccc1N. The number of nitrogen functional groups attached to an aromatic ring is 1. The molecular formula is C17H21N3O. The first-order chi connectivity index (χ1) is 10.3. The van der Waals surface area contributed by atoms with Crippen molar-refractivity contribution >= 4 is 11.5 Å². The first kappa shape index (κ1) is 13.7. The summed E-state index contributed by atoms with van der Waals surface area (Å²) in [7, 11) is 0. The smallest absolute Gasteiger partial charge is 0.239 e. The van der Waals surface area contributed by atoms with Crippen molar-refractivity contribution in [2.45, 2.75) is 19.3 Å². The van der Waals surface area contributed by atoms with E-state index in [0.29, 0.717) is 24.1 Å². The fourth-order valence-corrected chi connectivity index (χ4v) is 2.84. The molecule has 1 aliphatic heterocycles. The summed E-state index contributed by atoms with van der Waals surface area (Å²) in [6.07, 6.45) is 1.15. The summed E-state index contributed by atoms with van der Waals surface area (Å²) in [6, 6.07) is 14.5. The fourth-order valence-electron chi connectivity index (χ4n) is 2.84. The van der Waals surface area contributed by atoms with Crippen LogP contribution in [0.2, 0.25) is 0 Å². The first-order valence-electron chi connectivity index (χ1n) is 7.47. The van der Waals surface area contributed by atoms with Crippen molar-refractivity contribution in [2.75, 3.05) is 30.3 Å². The van der Waals surface area contributed by atoms with Crippen molar-refractivity contribution in [2.24, 2.45) is 0 Å². The van der Waals surface area contributed by atoms with Gasteiger partial charge in [0.15, 0.2) is 0 Å². The van der Waals surface area contributed by atoms with Crippen molar-refractivity contribution in [1.29, 1.82) is 0 Å². The van der Waals surface area contributed by atoms with Gasteiger partial charge in [-0.25, -0.2) is 0 Å². The third kappa shape index (κ3) is 2.94. The average Bonchev–Trinajstić information content (AvgIpc) is 3.00. The lowest BCUT2D eigenvalue weighted by Gasteiger charge is -2.19. The minimum absolute atomic E-state index is 0.540. The van der Waals surface area contributed by atoms with Crippen LogP contribution in [0.15, 0.2) is 42.5 Å². The Morgan fingerprint density at radius 1 is 1.24 bits per heavy atom. The first-order valence-corrected chi connectivity index (χ1v) is 7.47. The molecule has 1 unspecified atom stereocenters. The molecule has 110 valence electrons. The number of rotatable bonds is 4. The standard InChI is InChI=1S/C17H21N3O/c1-2-21-17-15(18)8-9-16(19-17)20-11-10-14(12-20)13-6-4-3-5-7-13/h3-9,14H,2,10-12,18H2,1H3. The number of anilines is 2. The lowest BCUT2D eigenvalue weighted by molar-refractivity contribution is 0.329. The van der Waals surface area contributed by atoms with Crippen LogP contribution < -0.4 is 15.4 Å². The lowest BCUT2D eigenvalue weighted by atomic mass is 9.99. The Morgan fingerprint density at radius 3 is 2.81 bits per heavy atom. The zero-order valence-corrected chi connectivity index (χ0v) is 12.3. The molecule has 1 aromatic heterocycles. The Hall–Kier alpha value is -2.23. The molecule has 2 heterocycles. The molecule has 1 saturated heterocycles. The quantitative estimate of drug-likeness (QED) is 0.937. The number of ether oxygens (including phenoxy) is 1. The number of nitrogens with two attached hydrogens (primary N) is 1. The maximum absolute atomic E-state index is 5.89. The van der Waals surface area contributed by atoms with E-state index in [1.165, 1.54) is 5.56 Å². The molecule has 21 heavy (non-hydrogen) atoms. The van der Waals surface area contributed by atoms with Gasteiger partial charge in [-0.3, -0.25) is 0 Å². The molecule has 0 spiro atoms. The van der Waals surface area contributed by atoms with Crippen molar-refractivity contribution in [3.05, 3.63) is 48.0 Å². The normalized spacial score (nSPS) is 18.0. The molecule has 2 N–H and O–H groups in total. The molecule has 0 aliphatic carbocycles. The molecule has 0 radical (unpaired) electrons. The molecule has 4 heteroatoms. The van der Waals surface area contributed by atoms with Gasteiger partial charge in [-0.1, -0.05) is 30.3 Å². The predicted octanol–water partition coefficient (Wildman–Crippen LogP) is 3.06. The topological polar surface area (TPSA) is 51.4 Å². The second-order valence-electron chi connectivity index (χ2n) is 5.34. The summed E-state index contributed by atoms with van der Waals surface area (Å²) in [5.74, 6) is 2.06. The van der Waals surface area contributed by atoms with E-state index in [-0.39, 0.29) is 0 Å². The van der Waals surface area contributed by atoms with Crippen molar-refractivity contribution in [3.63, 3.8) is 0 Å². The third-order valence-electron chi connectivity index (χ3n) is 3.94. The number of nitrogens with zero attached hydrogens (tertiary/aromatic N) is 2. The van der Waals surface area contributed by atoms with Crippen LogP contribution >= 0.6 is 0 Å². The number of aromatic nitrogens is 1. The monoisotopic (exact) mass is 283 g/mol. The van der Waals surface area contributed by atoms with Crippen molar-refractivity contribution in [1.82, 2.24) is 4.98 Å². The van der Waals surface area contributed by atoms with Gasteiger partial charge in [-0.15, -0.1) is 0 Å². The van der Waals surface area contributed by atoms with Gasteiger partial charge in [0.05, 0.1) is 12.3 Å². The van der Waals surface area contributed by atoms with E-state index in [0.717, 1.165) is 25.3 Å². The van der Waals surface area contributed by atoms with Crippen LogP contribution in [0, 0.1) is 0 Å². The van der Waals surface area contributed by atoms with Gasteiger partial charge in [0.25, 0.3) is 0 Å². The molecule has 1 aromatic carbocycles. The third-order valence-corrected chi connectivity index (χ3v) is 3.94. The highest BCUT2D eigenvalue weighted by atomic mass is 16.5. The van der Waals surface area contributed by atoms with Gasteiger partial charge in [0.2, 0.25) is 5.88 Å². The van der Waals surface area contributed by atoms with E-state index in [9.17, 15) is 0 Å². The molecule has 0 bridgehead atoms. The average molecular weight is 283 g/mol. The van der Waals surface area contributed by atoms with Crippen LogP contribution in [0.1, 0.15) is 24.8 Å². The van der Waals surface area contributed by atoms with Crippen LogP contribution in [0.4, 0.5) is 11.5 Å². The van der Waals surface area contributed by atoms with Gasteiger partial charge in [0, 0.05) is 19.0 Å². The van der Waals surface area contributed by atoms with E-state index < -0.39 is 0 Å². The zero-order valence-electron chi connectivity index (χ0n) is 12.3. The molecule has 4 nitrogen and oxygen atoms in total. The number of pyridine rings is 1. The molecule has 3 rings (SSSR count). The molecule has 1 fully saturated rings. The van der Waals surface area contributed by atoms with Gasteiger partial charge < -0.3 is 15.4 Å². The van der Waals surface area contributed by atoms with Crippen LogP contribution in [0.3, 0.4) is 0 Å². The Morgan fingerprint density at radius 2 is 2.05 bits per heavy atom. The molecular weight excluding hydrogens is 262 g/mol. The van der Waals surface area contributed by atoms with E-state index in [2.05, 4.69) is 40.2 Å². The number of hydrogen-bond acceptors (Lipinski definition) is 4. The molecule has 1 aliphatic rings. The minimum atomic E-state index is 0.540. The Labute approximate surface area is 125 Å². The van der Waals surface area contributed by atoms with Gasteiger partial charge >= 0.3 is 0 Å². The summed E-state index contributed by atoms with van der Waals surface area (Å²) >= 11 is 0. The highest BCUT2D eigenvalue weighted by Crippen LogP contribution is 2.31. The van der Waals surface area contributed by atoms with Gasteiger partial charge in [0.1, 0.15) is 5.82 Å². The Bertz CT molecular complexity index is 600. The maximum Gasteiger partial charge on any atom is 0.239 e. The Kier molecular flexibility index (Phi) is 3.95. The molecule has 2 aromatic rings. The molecule has 0 amide bonds. The van der Waals surface area contributed by atoms with Crippen LogP contribution in [-0.4, -0.2) is 24.7 Å². The van der Waals surface area contributed by atoms with E-state index in [4.69, 9.17) is 10.5 Å². The Balaban J connectivity index is 1.75. The van der Waals surface area contributed by atoms with Crippen LogP contribution in [0.25, 0.3) is 0 Å². The van der Waals surface area contributed by atoms with Crippen molar-refractivity contribution in [3.8, 4) is 5.88 Å². The van der Waals surface area contributed by atoms with Crippen LogP contribution in [-0.2, 0) is 0 Å². The second kappa shape index (κ2) is 6.04. The molecule has 0 saturated carbocycles. The highest BCUT2D eigenvalue weighted by Gasteiger charge is 2.25. The summed E-state index contributed by atoms with van der Waals surface area (Å²) in [4.78, 5) is 6.86. The van der Waals surface area contributed by atoms with E-state index in [1.54, 1.807) is 0 Å². The predicted molar refractivity (Wildman–Crippen MR) is 85.8 cm³/mol. The maximum atomic E-state index is 5.89. The summed E-state index contributed by atoms with van der Waals surface area (Å²) in [5.41, 5.74) is 7.89. The van der Waals surface area contributed by atoms with Gasteiger partial charge in [-0.05, 0) is 31.0 Å². The lowest BCUT2D eigenvalue weighted by Crippen LogP contribution is -2.20. The summed E-state index contributed by atoms with van der Waals surface area (Å²) < 4.78 is 5.49. The number of hydrogen-bond donors (Lipinski definition) is 1. The molecule has 1 atom stereocenters. The summed E-state index contributed by atoms with van der Waals surface area (Å²) in [6.45, 7) is 4.52. The highest BCUT2D eigenvalue weighted by molar-refractivity contribution is 5.55. The van der Waals surface area contributed by atoms with E-state index >= 15 is 0 Å². The second-order valence-corrected chi connectivity index (χ2v) is 5.34. The zero-order chi connectivity index (χ0) is 14.7. The van der Waals surface area contributed by atoms with E-state index in [1.807, 2.05) is 19.1 Å². The van der Waals surface area contributed by atoms with Crippen LogP contribution in [0.5, 0.6) is 5.88 Å². The van der Waals surface area contributed by atoms with Crippen molar-refractivity contribution < 1.29 is 4.74 Å². The van der Waals surface area contributed by atoms with Gasteiger partial charge in [-0.2, -0.15) is 4.98 Å². The fraction of sp³-hybridized carbons (Fsp3) is 0.353. The largest absolute Gasteiger partial charge is 0.476 e. The number of benzene rings is 1.